The highest BCUT2D eigenvalue weighted by Gasteiger charge is 2.34. The third-order valence-corrected chi connectivity index (χ3v) is 4.07. The van der Waals surface area contributed by atoms with Gasteiger partial charge in [0.15, 0.2) is 0 Å². The molecule has 0 aromatic heterocycles. The number of guanidine groups is 1. The Labute approximate surface area is 143 Å². The molecule has 9 heteroatoms. The summed E-state index contributed by atoms with van der Waals surface area (Å²) in [5, 5.41) is 0. The highest BCUT2D eigenvalue weighted by Crippen LogP contribution is 2.31. The van der Waals surface area contributed by atoms with Crippen LogP contribution in [0.3, 0.4) is 0 Å². The van der Waals surface area contributed by atoms with Crippen LogP contribution in [0.5, 0.6) is 0 Å². The summed E-state index contributed by atoms with van der Waals surface area (Å²) in [6.07, 6.45) is 3.94. The molecule has 0 atom stereocenters. The lowest BCUT2D eigenvalue weighted by Crippen LogP contribution is -2.51. The zero-order valence-corrected chi connectivity index (χ0v) is 14.0. The van der Waals surface area contributed by atoms with Gasteiger partial charge in [-0.2, -0.15) is 4.39 Å². The molecular formula is C15H12BrF4N3O. The van der Waals surface area contributed by atoms with E-state index >= 15 is 0 Å². The first-order valence-electron chi connectivity index (χ1n) is 6.70. The van der Waals surface area contributed by atoms with Gasteiger partial charge in [0.25, 0.3) is 5.91 Å². The molecule has 0 N–H and O–H groups in total. The highest BCUT2D eigenvalue weighted by atomic mass is 79.9. The van der Waals surface area contributed by atoms with Crippen molar-refractivity contribution >= 4 is 33.5 Å². The molecule has 1 amide bonds. The number of carbonyl (C=O) groups is 1. The lowest BCUT2D eigenvalue weighted by Gasteiger charge is -2.35. The van der Waals surface area contributed by atoms with Crippen molar-refractivity contribution in [1.82, 2.24) is 4.90 Å². The van der Waals surface area contributed by atoms with Crippen LogP contribution in [0, 0.1) is 12.7 Å². The fraction of sp³-hybridized carbons (Fsp3) is 0.200. The molecule has 3 rings (SSSR count). The maximum Gasteiger partial charge on any atom is 0.262 e. The van der Waals surface area contributed by atoms with Crippen molar-refractivity contribution in [1.29, 1.82) is 0 Å². The minimum Gasteiger partial charge on any atom is -0.284 e. The molecular weight excluding hydrogens is 394 g/mol. The van der Waals surface area contributed by atoms with Gasteiger partial charge in [-0.25, -0.2) is 23.1 Å². The molecule has 2 heterocycles. The molecule has 0 saturated carbocycles. The Hall–Kier alpha value is -2.16. The van der Waals surface area contributed by atoms with Gasteiger partial charge in [0.1, 0.15) is 5.82 Å². The van der Waals surface area contributed by atoms with E-state index in [0.29, 0.717) is 4.47 Å². The number of carbonyl (C=O) groups excluding carboxylic acids is 1. The smallest absolute Gasteiger partial charge is 0.262 e. The van der Waals surface area contributed by atoms with Crippen LogP contribution < -0.4 is 4.90 Å². The van der Waals surface area contributed by atoms with E-state index in [9.17, 15) is 22.4 Å². The number of aryl methyl sites for hydroxylation is 1. The van der Waals surface area contributed by atoms with Gasteiger partial charge in [0.05, 0.1) is 11.8 Å². The van der Waals surface area contributed by atoms with Crippen molar-refractivity contribution < 1.29 is 22.4 Å². The molecule has 1 aromatic rings. The lowest BCUT2D eigenvalue weighted by atomic mass is 10.2. The van der Waals surface area contributed by atoms with Gasteiger partial charge in [-0.1, -0.05) is 15.9 Å². The van der Waals surface area contributed by atoms with Gasteiger partial charge < -0.3 is 0 Å². The van der Waals surface area contributed by atoms with Gasteiger partial charge >= 0.3 is 0 Å². The average molecular weight is 406 g/mol. The Morgan fingerprint density at radius 1 is 1.29 bits per heavy atom. The number of hydrogen-bond donors (Lipinski definition) is 0. The standard InChI is InChI=1S/C14H10BrF2N3O.CH2F2/c1-8-5-11(10(16)6-9(8)15)20-13(21)7-12(17)19-4-2-3-18-14(19)20;2-1-3/h2-3,5-7H,4H2,1H3;1H2. The van der Waals surface area contributed by atoms with Crippen LogP contribution in [0.1, 0.15) is 5.56 Å². The normalized spacial score (nSPS) is 16.2. The number of benzene rings is 1. The molecule has 0 spiro atoms. The zero-order chi connectivity index (χ0) is 17.9. The Morgan fingerprint density at radius 2 is 1.96 bits per heavy atom. The van der Waals surface area contributed by atoms with Gasteiger partial charge in [0.2, 0.25) is 18.8 Å². The SMILES string of the molecule is Cc1cc(N2C(=O)C=C(F)N3CC=CN=C32)c(F)cc1Br.FCF. The second kappa shape index (κ2) is 7.61. The minimum atomic E-state index is -1.75. The number of halogens is 5. The third kappa shape index (κ3) is 3.50. The van der Waals surface area contributed by atoms with Crippen LogP contribution in [0.15, 0.2) is 45.9 Å². The van der Waals surface area contributed by atoms with Gasteiger partial charge in [-0.05, 0) is 30.7 Å². The van der Waals surface area contributed by atoms with Crippen molar-refractivity contribution in [2.24, 2.45) is 4.99 Å². The first-order chi connectivity index (χ1) is 11.4. The molecule has 128 valence electrons. The van der Waals surface area contributed by atoms with Crippen molar-refractivity contribution in [2.75, 3.05) is 18.4 Å². The third-order valence-electron chi connectivity index (χ3n) is 3.21. The second-order valence-corrected chi connectivity index (χ2v) is 5.57. The zero-order valence-electron chi connectivity index (χ0n) is 12.4. The van der Waals surface area contributed by atoms with E-state index < -0.39 is 24.6 Å². The predicted octanol–water partition coefficient (Wildman–Crippen LogP) is 4.12. The summed E-state index contributed by atoms with van der Waals surface area (Å²) in [6, 6.07) is 2.80. The maximum atomic E-state index is 14.2. The van der Waals surface area contributed by atoms with Gasteiger partial charge in [-0.15, -0.1) is 0 Å². The van der Waals surface area contributed by atoms with Crippen LogP contribution in [0.4, 0.5) is 23.2 Å². The molecule has 0 fully saturated rings. The van der Waals surface area contributed by atoms with E-state index in [-0.39, 0.29) is 18.2 Å². The molecule has 0 saturated heterocycles. The first kappa shape index (κ1) is 18.2. The van der Waals surface area contributed by atoms with Crippen molar-refractivity contribution in [3.8, 4) is 0 Å². The molecule has 2 aliphatic heterocycles. The van der Waals surface area contributed by atoms with Crippen molar-refractivity contribution in [3.63, 3.8) is 0 Å². The molecule has 0 bridgehead atoms. The molecule has 24 heavy (non-hydrogen) atoms. The van der Waals surface area contributed by atoms with Crippen molar-refractivity contribution in [3.05, 3.63) is 52.3 Å². The maximum absolute atomic E-state index is 14.2. The fourth-order valence-electron chi connectivity index (χ4n) is 2.17. The van der Waals surface area contributed by atoms with E-state index in [4.69, 9.17) is 0 Å². The summed E-state index contributed by atoms with van der Waals surface area (Å²) in [4.78, 5) is 18.4. The molecule has 1 aromatic carbocycles. The minimum absolute atomic E-state index is 0.0449. The Kier molecular flexibility index (Phi) is 5.76. The summed E-state index contributed by atoms with van der Waals surface area (Å²) in [5.41, 5.74) is 0.802. The Morgan fingerprint density at radius 3 is 2.62 bits per heavy atom. The number of rotatable bonds is 1. The molecule has 0 unspecified atom stereocenters. The summed E-state index contributed by atoms with van der Waals surface area (Å²) < 4.78 is 47.9. The topological polar surface area (TPSA) is 35.9 Å². The lowest BCUT2D eigenvalue weighted by molar-refractivity contribution is -0.113. The largest absolute Gasteiger partial charge is 0.284 e. The summed E-state index contributed by atoms with van der Waals surface area (Å²) in [7, 11) is 0. The molecule has 2 aliphatic rings. The van der Waals surface area contributed by atoms with Gasteiger partial charge in [0, 0.05) is 17.2 Å². The van der Waals surface area contributed by atoms with Crippen LogP contribution in [0.2, 0.25) is 0 Å². The van der Waals surface area contributed by atoms with Crippen molar-refractivity contribution in [2.45, 2.75) is 6.92 Å². The van der Waals surface area contributed by atoms with E-state index in [1.807, 2.05) is 0 Å². The van der Waals surface area contributed by atoms with E-state index in [1.165, 1.54) is 23.2 Å². The molecule has 0 radical (unpaired) electrons. The molecule has 0 aliphatic carbocycles. The number of alkyl halides is 2. The number of hydrogen-bond acceptors (Lipinski definition) is 3. The summed E-state index contributed by atoms with van der Waals surface area (Å²) >= 11 is 3.23. The number of anilines is 1. The first-order valence-corrected chi connectivity index (χ1v) is 7.49. The van der Waals surface area contributed by atoms with E-state index in [2.05, 4.69) is 20.9 Å². The summed E-state index contributed by atoms with van der Waals surface area (Å²) in [6.45, 7) is 0.264. The highest BCUT2D eigenvalue weighted by molar-refractivity contribution is 9.10. The number of aliphatic imine (C=N–C) groups is 1. The van der Waals surface area contributed by atoms with E-state index in [1.54, 1.807) is 13.0 Å². The van der Waals surface area contributed by atoms with Crippen LogP contribution in [0.25, 0.3) is 0 Å². The Balaban J connectivity index is 0.000000647. The predicted molar refractivity (Wildman–Crippen MR) is 85.9 cm³/mol. The second-order valence-electron chi connectivity index (χ2n) is 4.72. The Bertz CT molecular complexity index is 748. The van der Waals surface area contributed by atoms with Gasteiger partial charge in [-0.3, -0.25) is 9.69 Å². The van der Waals surface area contributed by atoms with Crippen LogP contribution in [-0.4, -0.2) is 30.2 Å². The summed E-state index contributed by atoms with van der Waals surface area (Å²) in [5.74, 6) is -1.90. The molecule has 4 nitrogen and oxygen atoms in total. The quantitative estimate of drug-likeness (QED) is 0.520. The fourth-order valence-corrected chi connectivity index (χ4v) is 2.48. The number of fused-ring (bicyclic) bond motifs is 1. The monoisotopic (exact) mass is 405 g/mol. The van der Waals surface area contributed by atoms with Crippen LogP contribution >= 0.6 is 15.9 Å². The number of nitrogens with zero attached hydrogens (tertiary/aromatic N) is 3. The number of amides is 1. The average Bonchev–Trinajstić information content (AvgIpc) is 2.53. The van der Waals surface area contributed by atoms with E-state index in [0.717, 1.165) is 16.5 Å². The van der Waals surface area contributed by atoms with Crippen LogP contribution in [-0.2, 0) is 4.79 Å².